The molecule has 0 saturated carbocycles. The predicted molar refractivity (Wildman–Crippen MR) is 132 cm³/mol. The summed E-state index contributed by atoms with van der Waals surface area (Å²) in [5, 5.41) is 19.6. The van der Waals surface area contributed by atoms with E-state index in [-0.39, 0.29) is 0 Å². The van der Waals surface area contributed by atoms with Crippen LogP contribution in [0.15, 0.2) is 79.0 Å². The van der Waals surface area contributed by atoms with Gasteiger partial charge in [-0.15, -0.1) is 10.2 Å². The highest BCUT2D eigenvalue weighted by Gasteiger charge is 2.34. The molecule has 0 atom stereocenters. The first kappa shape index (κ1) is 21.3. The lowest BCUT2D eigenvalue weighted by atomic mass is 9.75. The van der Waals surface area contributed by atoms with Crippen molar-refractivity contribution < 1.29 is 9.47 Å². The second kappa shape index (κ2) is 8.82. The van der Waals surface area contributed by atoms with E-state index in [0.29, 0.717) is 38.5 Å². The van der Waals surface area contributed by atoms with Crippen LogP contribution in [0.4, 0.5) is 0 Å². The zero-order chi connectivity index (χ0) is 23.7. The van der Waals surface area contributed by atoms with Gasteiger partial charge in [0.05, 0.1) is 17.0 Å². The zero-order valence-corrected chi connectivity index (χ0v) is 19.1. The average molecular weight is 462 g/mol. The molecule has 0 bridgehead atoms. The van der Waals surface area contributed by atoms with E-state index in [1.54, 1.807) is 6.20 Å². The van der Waals surface area contributed by atoms with E-state index in [0.717, 1.165) is 39.1 Å². The predicted octanol–water partition coefficient (Wildman–Crippen LogP) is 5.10. The topological polar surface area (TPSA) is 85.3 Å². The molecule has 7 heteroatoms. The lowest BCUT2D eigenvalue weighted by molar-refractivity contribution is 0.0674. The number of hydrogen-bond donors (Lipinski definition) is 0. The molecule has 3 aromatic heterocycles. The van der Waals surface area contributed by atoms with Crippen LogP contribution in [0.1, 0.15) is 24.0 Å². The number of benzene rings is 2. The van der Waals surface area contributed by atoms with E-state index < -0.39 is 5.41 Å². The molecule has 0 unspecified atom stereocenters. The van der Waals surface area contributed by atoms with Gasteiger partial charge in [0, 0.05) is 19.4 Å². The minimum atomic E-state index is -0.504. The molecule has 0 N–H and O–H groups in total. The molecule has 4 heterocycles. The zero-order valence-electron chi connectivity index (χ0n) is 19.1. The van der Waals surface area contributed by atoms with E-state index in [1.807, 2.05) is 59.0 Å². The Kier molecular flexibility index (Phi) is 5.36. The van der Waals surface area contributed by atoms with E-state index >= 15 is 0 Å². The molecular weight excluding hydrogens is 438 g/mol. The van der Waals surface area contributed by atoms with Crippen molar-refractivity contribution in [3.05, 3.63) is 90.1 Å². The fourth-order valence-electron chi connectivity index (χ4n) is 4.73. The number of pyridine rings is 2. The Morgan fingerprint density at radius 3 is 2.71 bits per heavy atom. The van der Waals surface area contributed by atoms with Crippen molar-refractivity contribution >= 4 is 16.6 Å². The van der Waals surface area contributed by atoms with Crippen molar-refractivity contribution in [3.8, 4) is 23.3 Å². The summed E-state index contributed by atoms with van der Waals surface area (Å²) < 4.78 is 13.7. The highest BCUT2D eigenvalue weighted by Crippen LogP contribution is 2.36. The van der Waals surface area contributed by atoms with Gasteiger partial charge in [-0.3, -0.25) is 9.38 Å². The van der Waals surface area contributed by atoms with Crippen LogP contribution in [-0.2, 0) is 16.8 Å². The Morgan fingerprint density at radius 2 is 1.89 bits per heavy atom. The van der Waals surface area contributed by atoms with Crippen molar-refractivity contribution in [1.82, 2.24) is 19.6 Å². The van der Waals surface area contributed by atoms with Crippen LogP contribution in [0.2, 0.25) is 0 Å². The van der Waals surface area contributed by atoms with Crippen molar-refractivity contribution in [2.24, 2.45) is 0 Å². The monoisotopic (exact) mass is 461 g/mol. The first-order valence-electron chi connectivity index (χ1n) is 11.7. The summed E-state index contributed by atoms with van der Waals surface area (Å²) in [5.41, 5.74) is 4.11. The number of hydrogen-bond acceptors (Lipinski definition) is 6. The molecule has 7 nitrogen and oxygen atoms in total. The van der Waals surface area contributed by atoms with Crippen LogP contribution in [0, 0.1) is 11.3 Å². The molecule has 0 amide bonds. The maximum absolute atomic E-state index is 9.89. The van der Waals surface area contributed by atoms with E-state index in [1.165, 1.54) is 0 Å². The second-order valence-electron chi connectivity index (χ2n) is 8.78. The number of rotatable bonds is 5. The van der Waals surface area contributed by atoms with E-state index in [9.17, 15) is 5.26 Å². The van der Waals surface area contributed by atoms with Gasteiger partial charge in [-0.2, -0.15) is 5.26 Å². The third kappa shape index (κ3) is 3.88. The molecule has 0 aliphatic carbocycles. The van der Waals surface area contributed by atoms with Gasteiger partial charge in [0.25, 0.3) is 0 Å². The van der Waals surface area contributed by atoms with Crippen molar-refractivity contribution in [1.29, 1.82) is 5.26 Å². The summed E-state index contributed by atoms with van der Waals surface area (Å²) in [4.78, 5) is 4.44. The molecule has 1 saturated heterocycles. The Hall–Kier alpha value is -4.28. The quantitative estimate of drug-likeness (QED) is 0.362. The molecule has 1 fully saturated rings. The number of aromatic nitrogens is 4. The third-order valence-electron chi connectivity index (χ3n) is 6.68. The van der Waals surface area contributed by atoms with Crippen LogP contribution < -0.4 is 4.74 Å². The maximum Gasteiger partial charge on any atom is 0.187 e. The normalized spacial score (nSPS) is 15.2. The summed E-state index contributed by atoms with van der Waals surface area (Å²) in [6.45, 7) is 1.64. The minimum Gasteiger partial charge on any atom is -0.489 e. The SMILES string of the molecule is N#CC1(c2cccc(OCc3ccc4c(ccc5nnc(-c6ccccn6)n54)c3)c2)CCOCC1. The lowest BCUT2D eigenvalue weighted by Gasteiger charge is -2.31. The molecule has 2 aromatic carbocycles. The van der Waals surface area contributed by atoms with E-state index in [4.69, 9.17) is 9.47 Å². The van der Waals surface area contributed by atoms with Crippen LogP contribution in [-0.4, -0.2) is 32.8 Å². The fourth-order valence-corrected chi connectivity index (χ4v) is 4.73. The number of nitriles is 1. The Balaban J connectivity index is 1.27. The minimum absolute atomic E-state index is 0.426. The lowest BCUT2D eigenvalue weighted by Crippen LogP contribution is -2.32. The number of nitrogens with zero attached hydrogens (tertiary/aromatic N) is 5. The van der Waals surface area contributed by atoms with Crippen molar-refractivity contribution in [2.75, 3.05) is 13.2 Å². The van der Waals surface area contributed by atoms with E-state index in [2.05, 4.69) is 39.4 Å². The van der Waals surface area contributed by atoms with Crippen LogP contribution >= 0.6 is 0 Å². The van der Waals surface area contributed by atoms with Gasteiger partial charge in [0.1, 0.15) is 18.1 Å². The van der Waals surface area contributed by atoms with Crippen molar-refractivity contribution in [3.63, 3.8) is 0 Å². The van der Waals surface area contributed by atoms with Crippen LogP contribution in [0.25, 0.3) is 28.1 Å². The van der Waals surface area contributed by atoms with Crippen molar-refractivity contribution in [2.45, 2.75) is 24.9 Å². The molecule has 1 aliphatic heterocycles. The molecule has 6 rings (SSSR count). The molecule has 172 valence electrons. The van der Waals surface area contributed by atoms with Gasteiger partial charge in [-0.25, -0.2) is 0 Å². The molecule has 0 radical (unpaired) electrons. The first-order valence-corrected chi connectivity index (χ1v) is 11.7. The number of fused-ring (bicyclic) bond motifs is 3. The summed E-state index contributed by atoms with van der Waals surface area (Å²) in [6.07, 6.45) is 3.16. The number of ether oxygens (including phenoxy) is 2. The molecular formula is C28H23N5O2. The maximum atomic E-state index is 9.89. The third-order valence-corrected chi connectivity index (χ3v) is 6.68. The second-order valence-corrected chi connectivity index (χ2v) is 8.78. The summed E-state index contributed by atoms with van der Waals surface area (Å²) >= 11 is 0. The fraction of sp³-hybridized carbons (Fsp3) is 0.214. The molecule has 0 spiro atoms. The van der Waals surface area contributed by atoms with Gasteiger partial charge in [-0.1, -0.05) is 24.3 Å². The Morgan fingerprint density at radius 1 is 0.971 bits per heavy atom. The van der Waals surface area contributed by atoms with Crippen LogP contribution in [0.5, 0.6) is 5.75 Å². The average Bonchev–Trinajstić information content (AvgIpc) is 3.37. The highest BCUT2D eigenvalue weighted by molar-refractivity contribution is 5.84. The molecule has 5 aromatic rings. The standard InChI is InChI=1S/C28H23N5O2/c29-19-28(11-14-34-15-12-28)22-4-3-5-23(17-22)35-18-20-7-9-25-21(16-20)8-10-26-31-32-27(33(25)26)24-6-1-2-13-30-24/h1-10,13,16-17H,11-12,14-15,18H2. The molecule has 35 heavy (non-hydrogen) atoms. The van der Waals surface area contributed by atoms with Gasteiger partial charge >= 0.3 is 0 Å². The van der Waals surface area contributed by atoms with Gasteiger partial charge in [-0.05, 0) is 77.9 Å². The summed E-state index contributed by atoms with van der Waals surface area (Å²) in [5.74, 6) is 1.47. The highest BCUT2D eigenvalue weighted by atomic mass is 16.5. The summed E-state index contributed by atoms with van der Waals surface area (Å²) in [6, 6.07) is 26.5. The van der Waals surface area contributed by atoms with Crippen LogP contribution in [0.3, 0.4) is 0 Å². The summed E-state index contributed by atoms with van der Waals surface area (Å²) in [7, 11) is 0. The first-order chi connectivity index (χ1) is 17.3. The van der Waals surface area contributed by atoms with Gasteiger partial charge in [0.2, 0.25) is 0 Å². The van der Waals surface area contributed by atoms with Gasteiger partial charge < -0.3 is 9.47 Å². The Bertz CT molecular complexity index is 1550. The largest absolute Gasteiger partial charge is 0.489 e. The van der Waals surface area contributed by atoms with Gasteiger partial charge in [0.15, 0.2) is 11.5 Å². The smallest absolute Gasteiger partial charge is 0.187 e. The Labute approximate surface area is 202 Å². The molecule has 1 aliphatic rings.